The van der Waals surface area contributed by atoms with Crippen molar-refractivity contribution in [2.45, 2.75) is 17.1 Å². The first-order valence-corrected chi connectivity index (χ1v) is 5.94. The van der Waals surface area contributed by atoms with Crippen LogP contribution in [0, 0.1) is 0 Å². The molecule has 2 heterocycles. The van der Waals surface area contributed by atoms with Crippen LogP contribution in [0.2, 0.25) is 0 Å². The van der Waals surface area contributed by atoms with Gasteiger partial charge < -0.3 is 19.9 Å². The first-order valence-electron chi connectivity index (χ1n) is 5.94. The molecule has 20 heavy (non-hydrogen) atoms. The molecule has 2 N–H and O–H groups in total. The highest BCUT2D eigenvalue weighted by Crippen LogP contribution is 2.32. The van der Waals surface area contributed by atoms with Gasteiger partial charge in [-0.05, 0) is 12.1 Å². The topological polar surface area (TPSA) is 63.1 Å². The molecule has 1 aromatic carbocycles. The fourth-order valence-electron chi connectivity index (χ4n) is 1.98. The van der Waals surface area contributed by atoms with Gasteiger partial charge in [-0.3, -0.25) is 0 Å². The van der Waals surface area contributed by atoms with E-state index in [1.807, 2.05) is 0 Å². The van der Waals surface area contributed by atoms with Gasteiger partial charge in [0.05, 0.1) is 15.7 Å². The van der Waals surface area contributed by atoms with Gasteiger partial charge in [0.15, 0.2) is 17.6 Å². The minimum absolute atomic E-state index is 0.161. The van der Waals surface area contributed by atoms with E-state index in [4.69, 9.17) is 40.9 Å². The number of hydrogen-bond acceptors (Lipinski definition) is 5. The van der Waals surface area contributed by atoms with E-state index in [9.17, 15) is 5.11 Å². The van der Waals surface area contributed by atoms with Crippen molar-refractivity contribution in [1.29, 1.82) is 0 Å². The number of rotatable bonds is 1. The third kappa shape index (κ3) is 2.10. The Balaban J connectivity index is 1.84. The summed E-state index contributed by atoms with van der Waals surface area (Å²) < 4.78 is 11.2. The molecule has 92 valence electrons. The quantitative estimate of drug-likeness (QED) is 0.544. The van der Waals surface area contributed by atoms with Crippen LogP contribution >= 0.6 is 0 Å². The second kappa shape index (κ2) is 4.25. The fraction of sp³-hybridized carbons (Fsp3) is 0.364. The highest BCUT2D eigenvalue weighted by Gasteiger charge is 2.45. The molecule has 0 aliphatic carbocycles. The van der Waals surface area contributed by atoms with Crippen molar-refractivity contribution >= 4 is 42.7 Å². The molecule has 0 saturated heterocycles. The number of ether oxygens (including phenoxy) is 2. The second-order valence-electron chi connectivity index (χ2n) is 4.84. The van der Waals surface area contributed by atoms with Crippen LogP contribution in [-0.2, 0) is 0 Å². The van der Waals surface area contributed by atoms with Gasteiger partial charge in [-0.25, -0.2) is 4.99 Å². The van der Waals surface area contributed by atoms with Gasteiger partial charge in [-0.1, -0.05) is 11.5 Å². The lowest BCUT2D eigenvalue weighted by atomic mass is 9.51. The summed E-state index contributed by atoms with van der Waals surface area (Å²) in [7, 11) is 22.4. The van der Waals surface area contributed by atoms with Crippen LogP contribution in [0.15, 0.2) is 23.2 Å². The molecule has 0 amide bonds. The van der Waals surface area contributed by atoms with Crippen LogP contribution in [0.5, 0.6) is 11.5 Å². The Bertz CT molecular complexity index is 591. The zero-order chi connectivity index (χ0) is 14.5. The smallest absolute Gasteiger partial charge is 0.189 e. The van der Waals surface area contributed by atoms with Crippen LogP contribution < -0.4 is 20.3 Å². The summed E-state index contributed by atoms with van der Waals surface area (Å²) >= 11 is 0. The zero-order valence-corrected chi connectivity index (χ0v) is 10.5. The third-order valence-corrected chi connectivity index (χ3v) is 3.17. The Hall–Kier alpha value is -1.49. The number of amidine groups is 1. The third-order valence-electron chi connectivity index (χ3n) is 3.17. The molecule has 1 aromatic rings. The van der Waals surface area contributed by atoms with E-state index in [2.05, 4.69) is 10.3 Å². The first-order chi connectivity index (χ1) is 9.28. The second-order valence-corrected chi connectivity index (χ2v) is 4.84. The number of hydrogen-bond donors (Lipinski definition) is 2. The van der Waals surface area contributed by atoms with Gasteiger partial charge in [0.2, 0.25) is 0 Å². The van der Waals surface area contributed by atoms with Crippen LogP contribution in [0.1, 0.15) is 0 Å². The molecule has 2 atom stereocenters. The summed E-state index contributed by atoms with van der Waals surface area (Å²) in [5.74, 6) is 1.27. The SMILES string of the molecule is [B]c1ccc2c(c1)OCC(C1=NC([B])(O)C([B])([B])N1)O2. The van der Waals surface area contributed by atoms with Crippen molar-refractivity contribution in [2.75, 3.05) is 6.61 Å². The van der Waals surface area contributed by atoms with E-state index in [-0.39, 0.29) is 12.4 Å². The molecule has 9 heteroatoms. The number of benzene rings is 1. The highest BCUT2D eigenvalue weighted by molar-refractivity contribution is 6.47. The molecule has 2 unspecified atom stereocenters. The Morgan fingerprint density at radius 2 is 2.05 bits per heavy atom. The summed E-state index contributed by atoms with van der Waals surface area (Å²) in [6.07, 6.45) is -0.602. The summed E-state index contributed by atoms with van der Waals surface area (Å²) in [6.45, 7) is 0.161. The largest absolute Gasteiger partial charge is 0.485 e. The number of aliphatic imine (C=N–C) groups is 1. The normalized spacial score (nSPS) is 30.4. The molecule has 0 bridgehead atoms. The summed E-state index contributed by atoms with van der Waals surface area (Å²) in [5, 5.41) is 10.7. The molecular formula is C11H8B4N2O3. The molecule has 0 fully saturated rings. The molecule has 0 spiro atoms. The first kappa shape index (κ1) is 13.5. The van der Waals surface area contributed by atoms with Gasteiger partial charge in [-0.2, -0.15) is 0 Å². The van der Waals surface area contributed by atoms with E-state index in [1.54, 1.807) is 18.2 Å². The molecule has 2 aliphatic heterocycles. The summed E-state index contributed by atoms with van der Waals surface area (Å²) in [6, 6.07) is 5.02. The Kier molecular flexibility index (Phi) is 2.87. The van der Waals surface area contributed by atoms with E-state index in [0.29, 0.717) is 17.0 Å². The van der Waals surface area contributed by atoms with Crippen molar-refractivity contribution in [2.24, 2.45) is 4.99 Å². The number of nitrogens with zero attached hydrogens (tertiary/aromatic N) is 1. The number of aliphatic hydroxyl groups is 1. The number of fused-ring (bicyclic) bond motifs is 1. The fourth-order valence-corrected chi connectivity index (χ4v) is 1.98. The minimum atomic E-state index is -2.12. The zero-order valence-electron chi connectivity index (χ0n) is 10.5. The minimum Gasteiger partial charge on any atom is -0.485 e. The predicted octanol–water partition coefficient (Wildman–Crippen LogP) is -2.57. The van der Waals surface area contributed by atoms with Gasteiger partial charge >= 0.3 is 0 Å². The van der Waals surface area contributed by atoms with Crippen molar-refractivity contribution in [3.8, 4) is 11.5 Å². The molecule has 0 aromatic heterocycles. The lowest BCUT2D eigenvalue weighted by Gasteiger charge is -2.34. The van der Waals surface area contributed by atoms with Crippen LogP contribution in [-0.4, -0.2) is 66.0 Å². The maximum atomic E-state index is 9.82. The van der Waals surface area contributed by atoms with Gasteiger partial charge in [0, 0.05) is 5.34 Å². The lowest BCUT2D eigenvalue weighted by molar-refractivity contribution is 0.124. The Labute approximate surface area is 121 Å². The van der Waals surface area contributed by atoms with Crippen LogP contribution in [0.25, 0.3) is 0 Å². The highest BCUT2D eigenvalue weighted by atomic mass is 16.6. The van der Waals surface area contributed by atoms with Crippen molar-refractivity contribution in [3.63, 3.8) is 0 Å². The van der Waals surface area contributed by atoms with E-state index < -0.39 is 17.1 Å². The molecular weight excluding hydrogens is 251 g/mol. The summed E-state index contributed by atoms with van der Waals surface area (Å²) in [5.41, 5.74) is -1.55. The maximum Gasteiger partial charge on any atom is 0.189 e. The average molecular weight is 259 g/mol. The lowest BCUT2D eigenvalue weighted by Crippen LogP contribution is -2.61. The standard InChI is InChI=1S/C11H8B4N2O3/c12-5-1-2-6-7(3-5)19-4-8(20-6)9-16-10(13,14)11(15,18)17-9/h1-3,8,18H,4H2,(H,16,17). The molecule has 3 rings (SSSR count). The summed E-state index contributed by atoms with van der Waals surface area (Å²) in [4.78, 5) is 3.85. The predicted molar refractivity (Wildman–Crippen MR) is 77.3 cm³/mol. The monoisotopic (exact) mass is 260 g/mol. The molecule has 2 aliphatic rings. The van der Waals surface area contributed by atoms with Gasteiger partial charge in [0.25, 0.3) is 0 Å². The Morgan fingerprint density at radius 3 is 2.70 bits per heavy atom. The average Bonchev–Trinajstić information content (AvgIpc) is 2.58. The van der Waals surface area contributed by atoms with Gasteiger partial charge in [-0.15, -0.1) is 0 Å². The van der Waals surface area contributed by atoms with Gasteiger partial charge in [0.1, 0.15) is 33.8 Å². The van der Waals surface area contributed by atoms with Crippen LogP contribution in [0.3, 0.4) is 0 Å². The molecule has 0 saturated carbocycles. The van der Waals surface area contributed by atoms with E-state index in [0.717, 1.165) is 0 Å². The number of nitrogens with one attached hydrogen (secondary N) is 1. The Morgan fingerprint density at radius 1 is 1.30 bits per heavy atom. The molecule has 8 radical (unpaired) electrons. The van der Waals surface area contributed by atoms with Crippen molar-refractivity contribution in [1.82, 2.24) is 5.32 Å². The van der Waals surface area contributed by atoms with E-state index >= 15 is 0 Å². The molecule has 5 nitrogen and oxygen atoms in total. The van der Waals surface area contributed by atoms with Crippen LogP contribution in [0.4, 0.5) is 0 Å². The maximum absolute atomic E-state index is 9.82. The van der Waals surface area contributed by atoms with Crippen molar-refractivity contribution < 1.29 is 14.6 Å². The van der Waals surface area contributed by atoms with E-state index in [1.165, 1.54) is 0 Å². The van der Waals surface area contributed by atoms with Crippen molar-refractivity contribution in [3.05, 3.63) is 18.2 Å².